The van der Waals surface area contributed by atoms with E-state index in [-0.39, 0.29) is 12.6 Å². The van der Waals surface area contributed by atoms with Gasteiger partial charge < -0.3 is 10.0 Å². The van der Waals surface area contributed by atoms with Crippen molar-refractivity contribution < 1.29 is 14.7 Å². The van der Waals surface area contributed by atoms with Crippen LogP contribution in [-0.2, 0) is 4.79 Å². The van der Waals surface area contributed by atoms with Crippen molar-refractivity contribution in [2.75, 3.05) is 25.5 Å². The first kappa shape index (κ1) is 15.0. The van der Waals surface area contributed by atoms with Crippen molar-refractivity contribution in [2.24, 2.45) is 5.92 Å². The number of carbonyl (C=O) groups is 2. The molecule has 1 unspecified atom stereocenters. The molecular formula is C14H20N2O3. The van der Waals surface area contributed by atoms with Crippen molar-refractivity contribution in [1.82, 2.24) is 4.90 Å². The maximum absolute atomic E-state index is 12.1. The number of rotatable bonds is 4. The van der Waals surface area contributed by atoms with Gasteiger partial charge in [0.05, 0.1) is 5.92 Å². The number of urea groups is 1. The Bertz CT molecular complexity index is 456. The number of hydrogen-bond acceptors (Lipinski definition) is 2. The van der Waals surface area contributed by atoms with E-state index in [4.69, 9.17) is 5.11 Å². The summed E-state index contributed by atoms with van der Waals surface area (Å²) in [4.78, 5) is 25.9. The molecule has 5 heteroatoms. The summed E-state index contributed by atoms with van der Waals surface area (Å²) >= 11 is 0. The molecule has 19 heavy (non-hydrogen) atoms. The van der Waals surface area contributed by atoms with Crippen molar-refractivity contribution in [3.63, 3.8) is 0 Å². The van der Waals surface area contributed by atoms with Crippen LogP contribution in [0.5, 0.6) is 0 Å². The van der Waals surface area contributed by atoms with E-state index in [1.54, 1.807) is 21.0 Å². The normalized spacial score (nSPS) is 11.8. The van der Waals surface area contributed by atoms with Crippen LogP contribution in [0.15, 0.2) is 24.3 Å². The van der Waals surface area contributed by atoms with Crippen molar-refractivity contribution in [3.8, 4) is 0 Å². The number of nitrogens with zero attached hydrogens (tertiary/aromatic N) is 2. The van der Waals surface area contributed by atoms with Crippen molar-refractivity contribution >= 4 is 17.7 Å². The van der Waals surface area contributed by atoms with E-state index in [1.807, 2.05) is 31.2 Å². The summed E-state index contributed by atoms with van der Waals surface area (Å²) in [5.74, 6) is -1.49. The molecule has 0 heterocycles. The third-order valence-electron chi connectivity index (χ3n) is 3.00. The van der Waals surface area contributed by atoms with E-state index >= 15 is 0 Å². The fourth-order valence-electron chi connectivity index (χ4n) is 1.70. The highest BCUT2D eigenvalue weighted by molar-refractivity contribution is 5.91. The monoisotopic (exact) mass is 264 g/mol. The van der Waals surface area contributed by atoms with Crippen LogP contribution in [0.25, 0.3) is 0 Å². The molecule has 0 aliphatic carbocycles. The quantitative estimate of drug-likeness (QED) is 0.907. The molecule has 0 spiro atoms. The predicted octanol–water partition coefficient (Wildman–Crippen LogP) is 2.20. The molecule has 0 aliphatic heterocycles. The lowest BCUT2D eigenvalue weighted by atomic mass is 10.2. The molecule has 0 saturated carbocycles. The minimum atomic E-state index is -0.905. The van der Waals surface area contributed by atoms with Crippen LogP contribution >= 0.6 is 0 Å². The van der Waals surface area contributed by atoms with Gasteiger partial charge in [-0.25, -0.2) is 4.79 Å². The highest BCUT2D eigenvalue weighted by Gasteiger charge is 2.20. The molecule has 1 N–H and O–H groups in total. The molecule has 104 valence electrons. The van der Waals surface area contributed by atoms with Gasteiger partial charge in [0.25, 0.3) is 0 Å². The van der Waals surface area contributed by atoms with Gasteiger partial charge >= 0.3 is 12.0 Å². The summed E-state index contributed by atoms with van der Waals surface area (Å²) in [7, 11) is 3.28. The maximum atomic E-state index is 12.1. The lowest BCUT2D eigenvalue weighted by Gasteiger charge is -2.26. The Morgan fingerprint density at radius 1 is 1.21 bits per heavy atom. The third-order valence-corrected chi connectivity index (χ3v) is 3.00. The zero-order valence-corrected chi connectivity index (χ0v) is 11.8. The molecule has 0 fully saturated rings. The second-order valence-corrected chi connectivity index (χ2v) is 4.80. The maximum Gasteiger partial charge on any atom is 0.323 e. The minimum Gasteiger partial charge on any atom is -0.481 e. The SMILES string of the molecule is Cc1ccc(N(C)C(=O)N(C)CC(C)C(=O)O)cc1. The Morgan fingerprint density at radius 3 is 2.21 bits per heavy atom. The standard InChI is InChI=1S/C14H20N2O3/c1-10-5-7-12(8-6-10)16(4)14(19)15(3)9-11(2)13(17)18/h5-8,11H,9H2,1-4H3,(H,17,18). The molecule has 5 nitrogen and oxygen atoms in total. The molecule has 0 radical (unpaired) electrons. The second kappa shape index (κ2) is 6.22. The summed E-state index contributed by atoms with van der Waals surface area (Å²) in [6, 6.07) is 7.36. The molecule has 1 atom stereocenters. The van der Waals surface area contributed by atoms with E-state index < -0.39 is 11.9 Å². The smallest absolute Gasteiger partial charge is 0.323 e. The number of hydrogen-bond donors (Lipinski definition) is 1. The molecule has 1 rings (SSSR count). The average Bonchev–Trinajstić information content (AvgIpc) is 2.37. The summed E-state index contributed by atoms with van der Waals surface area (Å²) in [5, 5.41) is 8.85. The van der Waals surface area contributed by atoms with E-state index in [0.717, 1.165) is 11.3 Å². The first-order valence-corrected chi connectivity index (χ1v) is 6.11. The number of aliphatic carboxylic acids is 1. The first-order valence-electron chi connectivity index (χ1n) is 6.11. The summed E-state index contributed by atoms with van der Waals surface area (Å²) in [5.41, 5.74) is 1.91. The number of carboxylic acid groups (broad SMARTS) is 1. The Labute approximate surface area is 113 Å². The first-order chi connectivity index (χ1) is 8.82. The average molecular weight is 264 g/mol. The Kier molecular flexibility index (Phi) is 4.92. The fraction of sp³-hybridized carbons (Fsp3) is 0.429. The number of carboxylic acids is 1. The van der Waals surface area contributed by atoms with E-state index in [9.17, 15) is 9.59 Å². The van der Waals surface area contributed by atoms with Gasteiger partial charge in [0, 0.05) is 26.3 Å². The summed E-state index contributed by atoms with van der Waals surface area (Å²) in [6.07, 6.45) is 0. The van der Waals surface area contributed by atoms with Gasteiger partial charge in [-0.3, -0.25) is 9.69 Å². The zero-order chi connectivity index (χ0) is 14.6. The van der Waals surface area contributed by atoms with Gasteiger partial charge in [-0.2, -0.15) is 0 Å². The molecular weight excluding hydrogens is 244 g/mol. The van der Waals surface area contributed by atoms with Crippen LogP contribution in [0.3, 0.4) is 0 Å². The largest absolute Gasteiger partial charge is 0.481 e. The van der Waals surface area contributed by atoms with E-state index in [0.29, 0.717) is 0 Å². The number of carbonyl (C=O) groups excluding carboxylic acids is 1. The molecule has 1 aromatic carbocycles. The second-order valence-electron chi connectivity index (χ2n) is 4.80. The number of anilines is 1. The molecule has 0 aliphatic rings. The van der Waals surface area contributed by atoms with Crippen LogP contribution in [0.1, 0.15) is 12.5 Å². The van der Waals surface area contributed by atoms with Gasteiger partial charge in [-0.1, -0.05) is 24.6 Å². The Morgan fingerprint density at radius 2 is 1.74 bits per heavy atom. The van der Waals surface area contributed by atoms with Crippen LogP contribution < -0.4 is 4.90 Å². The highest BCUT2D eigenvalue weighted by Crippen LogP contribution is 2.15. The van der Waals surface area contributed by atoms with Crippen molar-refractivity contribution in [3.05, 3.63) is 29.8 Å². The molecule has 0 saturated heterocycles. The highest BCUT2D eigenvalue weighted by atomic mass is 16.4. The Balaban J connectivity index is 2.71. The lowest BCUT2D eigenvalue weighted by molar-refractivity contribution is -0.141. The van der Waals surface area contributed by atoms with Crippen LogP contribution in [0.4, 0.5) is 10.5 Å². The number of aryl methyl sites for hydroxylation is 1. The van der Waals surface area contributed by atoms with E-state index in [2.05, 4.69) is 0 Å². The number of benzene rings is 1. The molecule has 1 aromatic rings. The lowest BCUT2D eigenvalue weighted by Crippen LogP contribution is -2.41. The Hall–Kier alpha value is -2.04. The van der Waals surface area contributed by atoms with Crippen LogP contribution in [0, 0.1) is 12.8 Å². The van der Waals surface area contributed by atoms with Crippen LogP contribution in [0.2, 0.25) is 0 Å². The zero-order valence-electron chi connectivity index (χ0n) is 11.8. The minimum absolute atomic E-state index is 0.185. The third kappa shape index (κ3) is 3.98. The topological polar surface area (TPSA) is 60.9 Å². The number of amides is 2. The molecule has 0 bridgehead atoms. The predicted molar refractivity (Wildman–Crippen MR) is 74.4 cm³/mol. The van der Waals surface area contributed by atoms with Gasteiger partial charge in [-0.15, -0.1) is 0 Å². The summed E-state index contributed by atoms with van der Waals surface area (Å²) in [6.45, 7) is 3.74. The van der Waals surface area contributed by atoms with Crippen molar-refractivity contribution in [1.29, 1.82) is 0 Å². The van der Waals surface area contributed by atoms with Gasteiger partial charge in [-0.05, 0) is 19.1 Å². The summed E-state index contributed by atoms with van der Waals surface area (Å²) < 4.78 is 0. The van der Waals surface area contributed by atoms with Gasteiger partial charge in [0.15, 0.2) is 0 Å². The molecule has 2 amide bonds. The van der Waals surface area contributed by atoms with Gasteiger partial charge in [0.1, 0.15) is 0 Å². The van der Waals surface area contributed by atoms with E-state index in [1.165, 1.54) is 9.80 Å². The van der Waals surface area contributed by atoms with Gasteiger partial charge in [0.2, 0.25) is 0 Å². The van der Waals surface area contributed by atoms with Crippen molar-refractivity contribution in [2.45, 2.75) is 13.8 Å². The molecule has 0 aromatic heterocycles. The van der Waals surface area contributed by atoms with Crippen LogP contribution in [-0.4, -0.2) is 42.6 Å². The fourth-order valence-corrected chi connectivity index (χ4v) is 1.70.